The highest BCUT2D eigenvalue weighted by Crippen LogP contribution is 2.27. The normalized spacial score (nSPS) is 16.0. The van der Waals surface area contributed by atoms with Gasteiger partial charge in [0.1, 0.15) is 5.75 Å². The van der Waals surface area contributed by atoms with Gasteiger partial charge in [-0.1, -0.05) is 42.5 Å². The van der Waals surface area contributed by atoms with Crippen LogP contribution in [0, 0.1) is 6.92 Å². The molecular formula is C22H27N3O3. The first kappa shape index (κ1) is 19.9. The van der Waals surface area contributed by atoms with E-state index in [1.807, 2.05) is 36.9 Å². The quantitative estimate of drug-likeness (QED) is 0.753. The summed E-state index contributed by atoms with van der Waals surface area (Å²) in [6.07, 6.45) is 1.87. The van der Waals surface area contributed by atoms with Gasteiger partial charge < -0.3 is 15.0 Å². The van der Waals surface area contributed by atoms with Gasteiger partial charge >= 0.3 is 0 Å². The molecule has 0 saturated carbocycles. The van der Waals surface area contributed by atoms with Gasteiger partial charge in [0.2, 0.25) is 5.96 Å². The molecule has 2 aromatic carbocycles. The molecule has 2 aromatic rings. The summed E-state index contributed by atoms with van der Waals surface area (Å²) in [5.41, 5.74) is 4.09. The van der Waals surface area contributed by atoms with Crippen LogP contribution in [-0.2, 0) is 16.3 Å². The predicted octanol–water partition coefficient (Wildman–Crippen LogP) is 4.38. The lowest BCUT2D eigenvalue weighted by atomic mass is 10.1. The Hall–Kier alpha value is -2.83. The Morgan fingerprint density at radius 3 is 2.71 bits per heavy atom. The van der Waals surface area contributed by atoms with E-state index in [1.165, 1.54) is 5.56 Å². The molecule has 3 rings (SSSR count). The highest BCUT2D eigenvalue weighted by molar-refractivity contribution is 5.83. The van der Waals surface area contributed by atoms with E-state index in [0.29, 0.717) is 12.5 Å². The van der Waals surface area contributed by atoms with Crippen LogP contribution in [0.2, 0.25) is 0 Å². The molecule has 1 saturated heterocycles. The lowest BCUT2D eigenvalue weighted by Gasteiger charge is -2.22. The molecule has 0 unspecified atom stereocenters. The van der Waals surface area contributed by atoms with E-state index in [9.17, 15) is 0 Å². The largest absolute Gasteiger partial charge is 0.490 e. The van der Waals surface area contributed by atoms with Gasteiger partial charge in [-0.15, -0.1) is 0 Å². The first-order valence-corrected chi connectivity index (χ1v) is 9.36. The summed E-state index contributed by atoms with van der Waals surface area (Å²) in [6.45, 7) is 11.1. The smallest absolute Gasteiger partial charge is 0.203 e. The van der Waals surface area contributed by atoms with Crippen LogP contribution in [0.5, 0.6) is 5.75 Å². The molecule has 0 atom stereocenters. The van der Waals surface area contributed by atoms with E-state index in [4.69, 9.17) is 19.5 Å². The topological polar surface area (TPSA) is 55.3 Å². The molecule has 6 heteroatoms. The Kier molecular flexibility index (Phi) is 6.68. The maximum atomic E-state index is 5.83. The molecule has 28 heavy (non-hydrogen) atoms. The third-order valence-corrected chi connectivity index (χ3v) is 4.19. The Morgan fingerprint density at radius 2 is 2.00 bits per heavy atom. The third-order valence-electron chi connectivity index (χ3n) is 4.19. The van der Waals surface area contributed by atoms with Crippen LogP contribution in [0.25, 0.3) is 6.08 Å². The lowest BCUT2D eigenvalue weighted by Crippen LogP contribution is -2.39. The number of hydrogen-bond donors (Lipinski definition) is 1. The highest BCUT2D eigenvalue weighted by atomic mass is 17.2. The number of aliphatic imine (C=N–C) groups is 1. The molecule has 1 aliphatic rings. The van der Waals surface area contributed by atoms with Crippen LogP contribution in [-0.4, -0.2) is 30.4 Å². The first-order valence-electron chi connectivity index (χ1n) is 9.36. The zero-order chi connectivity index (χ0) is 19.9. The lowest BCUT2D eigenvalue weighted by molar-refractivity contribution is -0.305. The fourth-order valence-electron chi connectivity index (χ4n) is 2.80. The third kappa shape index (κ3) is 5.34. The van der Waals surface area contributed by atoms with Crippen molar-refractivity contribution in [3.63, 3.8) is 0 Å². The molecule has 6 nitrogen and oxygen atoms in total. The van der Waals surface area contributed by atoms with Crippen molar-refractivity contribution in [1.29, 1.82) is 0 Å². The molecule has 0 aliphatic carbocycles. The first-order chi connectivity index (χ1) is 13.5. The van der Waals surface area contributed by atoms with Gasteiger partial charge in [0, 0.05) is 12.1 Å². The number of hydrogen-bond acceptors (Lipinski definition) is 4. The van der Waals surface area contributed by atoms with Crippen LogP contribution >= 0.6 is 0 Å². The zero-order valence-corrected chi connectivity index (χ0v) is 16.6. The molecule has 0 aromatic heterocycles. The minimum absolute atomic E-state index is 0.0960. The van der Waals surface area contributed by atoms with Gasteiger partial charge in [-0.05, 0) is 44.5 Å². The standard InChI is InChI=1S/C22H27N3O3/c1-5-19-12-20(10-11-21(19)28-16(2)3)24-22-23-14-26-27-15-25(22)13-18-8-6-17(4)7-9-18/h5-12,16H,1,13-15H2,2-4H3,(H,23,24). The average molecular weight is 381 g/mol. The molecular weight excluding hydrogens is 354 g/mol. The number of benzene rings is 2. The van der Waals surface area contributed by atoms with E-state index in [0.717, 1.165) is 22.6 Å². The van der Waals surface area contributed by atoms with E-state index >= 15 is 0 Å². The zero-order valence-electron chi connectivity index (χ0n) is 16.6. The maximum absolute atomic E-state index is 5.83. The number of guanidine groups is 1. The van der Waals surface area contributed by atoms with Crippen LogP contribution in [0.15, 0.2) is 54.0 Å². The Bertz CT molecular complexity index is 831. The molecule has 1 N–H and O–H groups in total. The SMILES string of the molecule is C=Cc1cc(/N=C2\NCOOCN2Cc2ccc(C)cc2)ccc1OC(C)C. The Morgan fingerprint density at radius 1 is 1.21 bits per heavy atom. The van der Waals surface area contributed by atoms with Crippen LogP contribution in [0.3, 0.4) is 0 Å². The van der Waals surface area contributed by atoms with Crippen LogP contribution in [0.1, 0.15) is 30.5 Å². The number of nitrogens with zero attached hydrogens (tertiary/aromatic N) is 2. The summed E-state index contributed by atoms with van der Waals surface area (Å²) < 4.78 is 5.83. The van der Waals surface area contributed by atoms with E-state index in [2.05, 4.69) is 43.1 Å². The second kappa shape index (κ2) is 9.39. The fourth-order valence-corrected chi connectivity index (χ4v) is 2.80. The summed E-state index contributed by atoms with van der Waals surface area (Å²) >= 11 is 0. The molecule has 1 fully saturated rings. The predicted molar refractivity (Wildman–Crippen MR) is 111 cm³/mol. The van der Waals surface area contributed by atoms with Crippen LogP contribution in [0.4, 0.5) is 5.69 Å². The van der Waals surface area contributed by atoms with Gasteiger partial charge in [0.25, 0.3) is 0 Å². The molecule has 0 spiro atoms. The maximum Gasteiger partial charge on any atom is 0.203 e. The minimum Gasteiger partial charge on any atom is -0.490 e. The van der Waals surface area contributed by atoms with E-state index in [-0.39, 0.29) is 19.6 Å². The number of rotatable bonds is 6. The highest BCUT2D eigenvalue weighted by Gasteiger charge is 2.17. The summed E-state index contributed by atoms with van der Waals surface area (Å²) in [7, 11) is 0. The minimum atomic E-state index is 0.0960. The summed E-state index contributed by atoms with van der Waals surface area (Å²) in [6, 6.07) is 14.2. The average Bonchev–Trinajstić information content (AvgIpc) is 2.89. The summed E-state index contributed by atoms with van der Waals surface area (Å²) in [5.74, 6) is 1.48. The van der Waals surface area contributed by atoms with Crippen molar-refractivity contribution in [2.45, 2.75) is 33.4 Å². The Balaban J connectivity index is 1.85. The monoisotopic (exact) mass is 381 g/mol. The van der Waals surface area contributed by atoms with Crippen molar-refractivity contribution >= 4 is 17.7 Å². The van der Waals surface area contributed by atoms with Crippen molar-refractivity contribution in [3.05, 3.63) is 65.7 Å². The second-order valence-electron chi connectivity index (χ2n) is 6.90. The van der Waals surface area contributed by atoms with Gasteiger partial charge in [-0.25, -0.2) is 14.8 Å². The van der Waals surface area contributed by atoms with Crippen molar-refractivity contribution in [2.24, 2.45) is 4.99 Å². The number of ether oxygens (including phenoxy) is 1. The van der Waals surface area contributed by atoms with Gasteiger partial charge in [-0.2, -0.15) is 0 Å². The van der Waals surface area contributed by atoms with E-state index < -0.39 is 0 Å². The second-order valence-corrected chi connectivity index (χ2v) is 6.90. The van der Waals surface area contributed by atoms with E-state index in [1.54, 1.807) is 6.08 Å². The molecule has 1 aliphatic heterocycles. The molecule has 0 bridgehead atoms. The van der Waals surface area contributed by atoms with Crippen molar-refractivity contribution < 1.29 is 14.5 Å². The van der Waals surface area contributed by atoms with Crippen molar-refractivity contribution in [2.75, 3.05) is 13.5 Å². The number of nitrogens with one attached hydrogen (secondary N) is 1. The van der Waals surface area contributed by atoms with Gasteiger partial charge in [0.15, 0.2) is 13.5 Å². The molecule has 148 valence electrons. The van der Waals surface area contributed by atoms with Gasteiger partial charge in [0.05, 0.1) is 11.8 Å². The van der Waals surface area contributed by atoms with Gasteiger partial charge in [-0.3, -0.25) is 0 Å². The summed E-state index contributed by atoms with van der Waals surface area (Å²) in [4.78, 5) is 17.1. The van der Waals surface area contributed by atoms with Crippen LogP contribution < -0.4 is 10.1 Å². The number of aryl methyl sites for hydroxylation is 1. The molecule has 0 radical (unpaired) electrons. The molecule has 1 heterocycles. The van der Waals surface area contributed by atoms with Crippen molar-refractivity contribution in [1.82, 2.24) is 10.2 Å². The Labute approximate surface area is 166 Å². The summed E-state index contributed by atoms with van der Waals surface area (Å²) in [5, 5.41) is 3.17. The molecule has 0 amide bonds. The fraction of sp³-hybridized carbons (Fsp3) is 0.318. The van der Waals surface area contributed by atoms with Crippen molar-refractivity contribution in [3.8, 4) is 5.75 Å².